The Morgan fingerprint density at radius 2 is 1.59 bits per heavy atom. The first-order valence-corrected chi connectivity index (χ1v) is 6.33. The number of halogens is 1. The van der Waals surface area contributed by atoms with Crippen molar-refractivity contribution in [3.05, 3.63) is 59.4 Å². The highest BCUT2D eigenvalue weighted by Crippen LogP contribution is 2.29. The maximum Gasteiger partial charge on any atom is 0.321 e. The first-order chi connectivity index (χ1) is 10.4. The van der Waals surface area contributed by atoms with Gasteiger partial charge in [0.2, 0.25) is 0 Å². The predicted molar refractivity (Wildman–Crippen MR) is 75.3 cm³/mol. The standard InChI is InChI=1S/C16H13FO5/c1-22-16(21)14(10-6-12(18)8-13(19)7-10)15(20)9-2-4-11(17)5-3-9/h2-8,14,18-19H,1H3. The lowest BCUT2D eigenvalue weighted by Crippen LogP contribution is -2.23. The summed E-state index contributed by atoms with van der Waals surface area (Å²) in [6, 6.07) is 8.13. The summed E-state index contributed by atoms with van der Waals surface area (Å²) in [6.07, 6.45) is 0. The van der Waals surface area contributed by atoms with E-state index in [1.165, 1.54) is 24.3 Å². The van der Waals surface area contributed by atoms with Crippen LogP contribution >= 0.6 is 0 Å². The van der Waals surface area contributed by atoms with Crippen LogP contribution in [0.15, 0.2) is 42.5 Å². The SMILES string of the molecule is COC(=O)C(C(=O)c1ccc(F)cc1)c1cc(O)cc(O)c1. The molecular weight excluding hydrogens is 291 g/mol. The van der Waals surface area contributed by atoms with E-state index in [1.807, 2.05) is 0 Å². The van der Waals surface area contributed by atoms with Gasteiger partial charge in [0.1, 0.15) is 23.2 Å². The van der Waals surface area contributed by atoms with Crippen LogP contribution in [0.4, 0.5) is 4.39 Å². The smallest absolute Gasteiger partial charge is 0.321 e. The summed E-state index contributed by atoms with van der Waals surface area (Å²) in [4.78, 5) is 24.4. The van der Waals surface area contributed by atoms with Gasteiger partial charge in [-0.3, -0.25) is 9.59 Å². The van der Waals surface area contributed by atoms with E-state index in [1.54, 1.807) is 0 Å². The van der Waals surface area contributed by atoms with Crippen LogP contribution in [0.2, 0.25) is 0 Å². The molecule has 0 spiro atoms. The molecule has 1 unspecified atom stereocenters. The molecule has 2 aromatic carbocycles. The third kappa shape index (κ3) is 3.22. The first kappa shape index (κ1) is 15.5. The Morgan fingerprint density at radius 1 is 1.05 bits per heavy atom. The summed E-state index contributed by atoms with van der Waals surface area (Å²) < 4.78 is 17.6. The van der Waals surface area contributed by atoms with Crippen LogP contribution in [0.25, 0.3) is 0 Å². The lowest BCUT2D eigenvalue weighted by molar-refractivity contribution is -0.141. The van der Waals surface area contributed by atoms with Crippen LogP contribution in [0, 0.1) is 5.82 Å². The van der Waals surface area contributed by atoms with Gasteiger partial charge in [0.25, 0.3) is 0 Å². The molecule has 6 heteroatoms. The number of ether oxygens (including phenoxy) is 1. The van der Waals surface area contributed by atoms with Crippen molar-refractivity contribution < 1.29 is 28.9 Å². The lowest BCUT2D eigenvalue weighted by atomic mass is 9.90. The van der Waals surface area contributed by atoms with Gasteiger partial charge in [0.15, 0.2) is 5.78 Å². The fraction of sp³-hybridized carbons (Fsp3) is 0.125. The molecule has 5 nitrogen and oxygen atoms in total. The van der Waals surface area contributed by atoms with Crippen molar-refractivity contribution in [2.75, 3.05) is 7.11 Å². The van der Waals surface area contributed by atoms with E-state index in [0.29, 0.717) is 0 Å². The summed E-state index contributed by atoms with van der Waals surface area (Å²) in [6.45, 7) is 0. The molecule has 0 saturated carbocycles. The number of Topliss-reactive ketones (excluding diaryl/α,β-unsaturated/α-hetero) is 1. The Bertz CT molecular complexity index is 689. The zero-order chi connectivity index (χ0) is 16.3. The molecule has 22 heavy (non-hydrogen) atoms. The Balaban J connectivity index is 2.48. The topological polar surface area (TPSA) is 83.8 Å². The molecule has 1 atom stereocenters. The van der Waals surface area contributed by atoms with Crippen molar-refractivity contribution in [1.29, 1.82) is 0 Å². The van der Waals surface area contributed by atoms with E-state index in [9.17, 15) is 24.2 Å². The quantitative estimate of drug-likeness (QED) is 0.515. The van der Waals surface area contributed by atoms with Gasteiger partial charge in [0.05, 0.1) is 7.11 Å². The summed E-state index contributed by atoms with van der Waals surface area (Å²) in [7, 11) is 1.12. The molecule has 114 valence electrons. The number of aromatic hydroxyl groups is 2. The van der Waals surface area contributed by atoms with Gasteiger partial charge in [-0.15, -0.1) is 0 Å². The number of hydrogen-bond acceptors (Lipinski definition) is 5. The Hall–Kier alpha value is -2.89. The molecule has 0 amide bonds. The number of hydrogen-bond donors (Lipinski definition) is 2. The summed E-state index contributed by atoms with van der Waals surface area (Å²) >= 11 is 0. The number of phenols is 2. The number of esters is 1. The average Bonchev–Trinajstić information content (AvgIpc) is 2.46. The fourth-order valence-electron chi connectivity index (χ4n) is 2.08. The van der Waals surface area contributed by atoms with Crippen molar-refractivity contribution in [2.24, 2.45) is 0 Å². The van der Waals surface area contributed by atoms with Crippen molar-refractivity contribution >= 4 is 11.8 Å². The molecule has 2 aromatic rings. The van der Waals surface area contributed by atoms with E-state index in [2.05, 4.69) is 4.74 Å². The second-order valence-electron chi connectivity index (χ2n) is 4.61. The van der Waals surface area contributed by atoms with E-state index in [-0.39, 0.29) is 22.6 Å². The monoisotopic (exact) mass is 304 g/mol. The average molecular weight is 304 g/mol. The zero-order valence-electron chi connectivity index (χ0n) is 11.6. The Labute approximate surface area is 125 Å². The molecule has 0 saturated heterocycles. The minimum atomic E-state index is -1.37. The zero-order valence-corrected chi connectivity index (χ0v) is 11.6. The van der Waals surface area contributed by atoms with E-state index < -0.39 is 23.5 Å². The number of rotatable bonds is 4. The van der Waals surface area contributed by atoms with E-state index in [4.69, 9.17) is 0 Å². The minimum Gasteiger partial charge on any atom is -0.508 e. The van der Waals surface area contributed by atoms with Gasteiger partial charge >= 0.3 is 5.97 Å². The third-order valence-electron chi connectivity index (χ3n) is 3.09. The van der Waals surface area contributed by atoms with Crippen LogP contribution in [-0.2, 0) is 9.53 Å². The molecule has 0 heterocycles. The molecule has 0 fully saturated rings. The third-order valence-corrected chi connectivity index (χ3v) is 3.09. The van der Waals surface area contributed by atoms with Crippen molar-refractivity contribution in [1.82, 2.24) is 0 Å². The molecule has 0 aliphatic rings. The van der Waals surface area contributed by atoms with Crippen LogP contribution in [0.5, 0.6) is 11.5 Å². The minimum absolute atomic E-state index is 0.0821. The van der Waals surface area contributed by atoms with E-state index >= 15 is 0 Å². The van der Waals surface area contributed by atoms with Gasteiger partial charge in [-0.25, -0.2) is 4.39 Å². The number of carbonyl (C=O) groups excluding carboxylic acids is 2. The summed E-state index contributed by atoms with van der Waals surface area (Å²) in [5.41, 5.74) is 0.193. The van der Waals surface area contributed by atoms with Crippen molar-refractivity contribution in [3.8, 4) is 11.5 Å². The predicted octanol–water partition coefficient (Wildman–Crippen LogP) is 2.38. The molecule has 2 rings (SSSR count). The number of methoxy groups -OCH3 is 1. The summed E-state index contributed by atoms with van der Waals surface area (Å²) in [5, 5.41) is 19.0. The molecule has 2 N–H and O–H groups in total. The normalized spacial score (nSPS) is 11.7. The maximum absolute atomic E-state index is 12.9. The highest BCUT2D eigenvalue weighted by atomic mass is 19.1. The number of ketones is 1. The van der Waals surface area contributed by atoms with E-state index in [0.717, 1.165) is 25.3 Å². The largest absolute Gasteiger partial charge is 0.508 e. The molecular formula is C16H13FO5. The Morgan fingerprint density at radius 3 is 2.09 bits per heavy atom. The van der Waals surface area contributed by atoms with Gasteiger partial charge in [-0.1, -0.05) is 0 Å². The fourth-order valence-corrected chi connectivity index (χ4v) is 2.08. The van der Waals surface area contributed by atoms with Crippen molar-refractivity contribution in [2.45, 2.75) is 5.92 Å². The summed E-state index contributed by atoms with van der Waals surface area (Å²) in [5.74, 6) is -3.95. The molecule has 0 bridgehead atoms. The lowest BCUT2D eigenvalue weighted by Gasteiger charge is -2.15. The molecule has 0 aliphatic carbocycles. The van der Waals surface area contributed by atoms with Crippen LogP contribution in [0.1, 0.15) is 21.8 Å². The number of carbonyl (C=O) groups is 2. The molecule has 0 aliphatic heterocycles. The van der Waals surface area contributed by atoms with Gasteiger partial charge in [-0.05, 0) is 42.0 Å². The van der Waals surface area contributed by atoms with Crippen LogP contribution in [-0.4, -0.2) is 29.1 Å². The Kier molecular flexibility index (Phi) is 4.41. The second kappa shape index (κ2) is 6.26. The van der Waals surface area contributed by atoms with Crippen LogP contribution in [0.3, 0.4) is 0 Å². The molecule has 0 radical (unpaired) electrons. The van der Waals surface area contributed by atoms with Gasteiger partial charge in [-0.2, -0.15) is 0 Å². The second-order valence-corrected chi connectivity index (χ2v) is 4.61. The van der Waals surface area contributed by atoms with Crippen molar-refractivity contribution in [3.63, 3.8) is 0 Å². The highest BCUT2D eigenvalue weighted by Gasteiger charge is 2.31. The first-order valence-electron chi connectivity index (χ1n) is 6.33. The number of phenolic OH excluding ortho intramolecular Hbond substituents is 2. The van der Waals surface area contributed by atoms with Gasteiger partial charge < -0.3 is 14.9 Å². The van der Waals surface area contributed by atoms with Gasteiger partial charge in [0, 0.05) is 11.6 Å². The molecule has 0 aromatic heterocycles. The highest BCUT2D eigenvalue weighted by molar-refractivity contribution is 6.13. The van der Waals surface area contributed by atoms with Crippen LogP contribution < -0.4 is 0 Å². The maximum atomic E-state index is 12.9. The number of benzene rings is 2.